The number of isocyanates is 1. The predicted octanol–water partition coefficient (Wildman–Crippen LogP) is 2.05. The zero-order valence-corrected chi connectivity index (χ0v) is 9.08. The fourth-order valence-electron chi connectivity index (χ4n) is 1.30. The predicted molar refractivity (Wildman–Crippen MR) is 58.7 cm³/mol. The molecule has 0 bridgehead atoms. The van der Waals surface area contributed by atoms with Gasteiger partial charge in [0.05, 0.1) is 11.8 Å². The van der Waals surface area contributed by atoms with Crippen LogP contribution in [-0.4, -0.2) is 24.1 Å². The molecule has 6 heteroatoms. The lowest BCUT2D eigenvalue weighted by Crippen LogP contribution is -1.97. The van der Waals surface area contributed by atoms with Crippen molar-refractivity contribution in [3.8, 4) is 0 Å². The number of aliphatic imine (C=N–C) groups is 1. The molecule has 16 heavy (non-hydrogen) atoms. The van der Waals surface area contributed by atoms with Crippen molar-refractivity contribution < 1.29 is 14.3 Å². The molecule has 5 nitrogen and oxygen atoms in total. The lowest BCUT2D eigenvalue weighted by Gasteiger charge is -1.94. The molecule has 2 heterocycles. The molecule has 0 radical (unpaired) electrons. The number of aromatic nitrogens is 1. The first-order chi connectivity index (χ1) is 7.77. The van der Waals surface area contributed by atoms with E-state index in [1.807, 2.05) is 0 Å². The Bertz CT molecular complexity index is 599. The second-order valence-corrected chi connectivity index (χ2v) is 3.88. The van der Waals surface area contributed by atoms with E-state index in [0.29, 0.717) is 5.52 Å². The molecule has 0 amide bonds. The van der Waals surface area contributed by atoms with Gasteiger partial charge in [-0.2, -0.15) is 4.99 Å². The average Bonchev–Trinajstić information content (AvgIpc) is 2.68. The third-order valence-corrected chi connectivity index (χ3v) is 3.06. The minimum atomic E-state index is -0.531. The van der Waals surface area contributed by atoms with Crippen LogP contribution in [0.5, 0.6) is 0 Å². The van der Waals surface area contributed by atoms with E-state index in [9.17, 15) is 9.59 Å². The van der Waals surface area contributed by atoms with Gasteiger partial charge in [-0.05, 0) is 12.1 Å². The molecule has 0 unspecified atom stereocenters. The maximum atomic E-state index is 11.4. The summed E-state index contributed by atoms with van der Waals surface area (Å²) >= 11 is 1.19. The maximum Gasteiger partial charge on any atom is 0.350 e. The van der Waals surface area contributed by atoms with E-state index in [2.05, 4.69) is 14.7 Å². The summed E-state index contributed by atoms with van der Waals surface area (Å²) in [6.45, 7) is 0. The van der Waals surface area contributed by atoms with Gasteiger partial charge in [0.2, 0.25) is 6.08 Å². The van der Waals surface area contributed by atoms with Gasteiger partial charge in [0.25, 0.3) is 0 Å². The van der Waals surface area contributed by atoms with Crippen molar-refractivity contribution in [3.63, 3.8) is 0 Å². The molecular weight excluding hydrogens is 228 g/mol. The number of carbonyl (C=O) groups is 1. The van der Waals surface area contributed by atoms with Gasteiger partial charge in [0.15, 0.2) is 0 Å². The molecule has 0 aliphatic heterocycles. The van der Waals surface area contributed by atoms with Crippen LogP contribution in [0.1, 0.15) is 9.67 Å². The number of hydrogen-bond donors (Lipinski definition) is 0. The number of pyridine rings is 1. The summed E-state index contributed by atoms with van der Waals surface area (Å²) in [6.07, 6.45) is 2.98. The highest BCUT2D eigenvalue weighted by Crippen LogP contribution is 2.36. The van der Waals surface area contributed by atoms with Crippen LogP contribution in [0, 0.1) is 0 Å². The molecule has 0 aliphatic carbocycles. The number of ether oxygens (including phenoxy) is 1. The molecule has 0 saturated carbocycles. The maximum absolute atomic E-state index is 11.4. The number of rotatable bonds is 2. The quantitative estimate of drug-likeness (QED) is 0.453. The summed E-state index contributed by atoms with van der Waals surface area (Å²) in [5.74, 6) is -0.531. The van der Waals surface area contributed by atoms with Gasteiger partial charge in [-0.15, -0.1) is 11.3 Å². The van der Waals surface area contributed by atoms with Crippen molar-refractivity contribution in [1.82, 2.24) is 4.98 Å². The molecule has 2 aromatic heterocycles. The van der Waals surface area contributed by atoms with Crippen LogP contribution in [0.3, 0.4) is 0 Å². The fourth-order valence-corrected chi connectivity index (χ4v) is 2.32. The van der Waals surface area contributed by atoms with Gasteiger partial charge in [0, 0.05) is 6.20 Å². The van der Waals surface area contributed by atoms with Crippen molar-refractivity contribution in [1.29, 1.82) is 0 Å². The third-order valence-electron chi connectivity index (χ3n) is 1.95. The highest BCUT2D eigenvalue weighted by Gasteiger charge is 2.19. The van der Waals surface area contributed by atoms with Gasteiger partial charge in [-0.1, -0.05) is 0 Å². The Hall–Kier alpha value is -2.04. The van der Waals surface area contributed by atoms with Crippen LogP contribution >= 0.6 is 11.3 Å². The highest BCUT2D eigenvalue weighted by atomic mass is 32.1. The molecule has 0 aliphatic rings. The normalized spacial score (nSPS) is 9.81. The first-order valence-corrected chi connectivity index (χ1v) is 5.13. The summed E-state index contributed by atoms with van der Waals surface area (Å²) in [5.41, 5.74) is 0.735. The Kier molecular flexibility index (Phi) is 2.76. The van der Waals surface area contributed by atoms with Gasteiger partial charge < -0.3 is 4.74 Å². The number of esters is 1. The van der Waals surface area contributed by atoms with Gasteiger partial charge in [-0.3, -0.25) is 4.98 Å². The van der Waals surface area contributed by atoms with Crippen molar-refractivity contribution in [3.05, 3.63) is 23.2 Å². The van der Waals surface area contributed by atoms with Crippen LogP contribution in [0.4, 0.5) is 5.69 Å². The molecule has 2 rings (SSSR count). The number of nitrogens with zero attached hydrogens (tertiary/aromatic N) is 2. The minimum Gasteiger partial charge on any atom is -0.465 e. The second-order valence-electron chi connectivity index (χ2n) is 2.82. The summed E-state index contributed by atoms with van der Waals surface area (Å²) in [4.78, 5) is 29.6. The minimum absolute atomic E-state index is 0.224. The van der Waals surface area contributed by atoms with Crippen LogP contribution in [0.15, 0.2) is 23.3 Å². The van der Waals surface area contributed by atoms with E-state index in [1.54, 1.807) is 18.3 Å². The Morgan fingerprint density at radius 3 is 3.12 bits per heavy atom. The SMILES string of the molecule is COC(=O)c1sc2cccnc2c1N=C=O. The monoisotopic (exact) mass is 234 g/mol. The summed E-state index contributed by atoms with van der Waals surface area (Å²) in [6, 6.07) is 3.54. The number of thiophene rings is 1. The van der Waals surface area contributed by atoms with Crippen molar-refractivity contribution in [2.24, 2.45) is 4.99 Å². The standard InChI is InChI=1S/C10H6N2O3S/c1-15-10(14)9-8(12-5-13)7-6(16-9)3-2-4-11-7/h2-4H,1H3. The third kappa shape index (κ3) is 1.60. The molecule has 2 aromatic rings. The number of hydrogen-bond acceptors (Lipinski definition) is 6. The molecule has 0 saturated heterocycles. The van der Waals surface area contributed by atoms with E-state index >= 15 is 0 Å². The Labute approximate surface area is 94.4 Å². The van der Waals surface area contributed by atoms with Crippen LogP contribution in [0.2, 0.25) is 0 Å². The summed E-state index contributed by atoms with van der Waals surface area (Å²) < 4.78 is 5.38. The zero-order valence-electron chi connectivity index (χ0n) is 8.26. The zero-order chi connectivity index (χ0) is 11.5. The largest absolute Gasteiger partial charge is 0.465 e. The smallest absolute Gasteiger partial charge is 0.350 e. The number of carbonyl (C=O) groups excluding carboxylic acids is 2. The van der Waals surface area contributed by atoms with Gasteiger partial charge >= 0.3 is 5.97 Å². The van der Waals surface area contributed by atoms with E-state index in [-0.39, 0.29) is 10.6 Å². The highest BCUT2D eigenvalue weighted by molar-refractivity contribution is 7.21. The van der Waals surface area contributed by atoms with Crippen LogP contribution < -0.4 is 0 Å². The topological polar surface area (TPSA) is 68.6 Å². The first kappa shape index (κ1) is 10.5. The Morgan fingerprint density at radius 2 is 2.44 bits per heavy atom. The van der Waals surface area contributed by atoms with Gasteiger partial charge in [-0.25, -0.2) is 9.59 Å². The molecule has 0 fully saturated rings. The molecule has 0 atom stereocenters. The van der Waals surface area contributed by atoms with E-state index in [1.165, 1.54) is 24.5 Å². The van der Waals surface area contributed by atoms with Crippen LogP contribution in [0.25, 0.3) is 10.2 Å². The molecule has 0 aromatic carbocycles. The van der Waals surface area contributed by atoms with Crippen LogP contribution in [-0.2, 0) is 9.53 Å². The Balaban J connectivity index is 2.77. The van der Waals surface area contributed by atoms with Gasteiger partial charge in [0.1, 0.15) is 16.1 Å². The second kappa shape index (κ2) is 4.22. The lowest BCUT2D eigenvalue weighted by molar-refractivity contribution is 0.0607. The molecule has 0 N–H and O–H groups in total. The molecule has 80 valence electrons. The summed E-state index contributed by atoms with van der Waals surface area (Å²) in [5, 5.41) is 0. The molecule has 0 spiro atoms. The van der Waals surface area contributed by atoms with E-state index in [4.69, 9.17) is 0 Å². The van der Waals surface area contributed by atoms with E-state index < -0.39 is 5.97 Å². The lowest BCUT2D eigenvalue weighted by atomic mass is 10.3. The van der Waals surface area contributed by atoms with Crippen molar-refractivity contribution in [2.75, 3.05) is 7.11 Å². The summed E-state index contributed by atoms with van der Waals surface area (Å²) in [7, 11) is 1.27. The average molecular weight is 234 g/mol. The van der Waals surface area contributed by atoms with E-state index in [0.717, 1.165) is 4.70 Å². The fraction of sp³-hybridized carbons (Fsp3) is 0.100. The van der Waals surface area contributed by atoms with Crippen molar-refractivity contribution >= 4 is 39.3 Å². The van der Waals surface area contributed by atoms with Crippen molar-refractivity contribution in [2.45, 2.75) is 0 Å². The Morgan fingerprint density at radius 1 is 1.62 bits per heavy atom. The number of methoxy groups -OCH3 is 1. The first-order valence-electron chi connectivity index (χ1n) is 4.31. The molecular formula is C10H6N2O3S. The number of fused-ring (bicyclic) bond motifs is 1.